The molecule has 0 spiro atoms. The molecular weight excluding hydrogens is 300 g/mol. The molecule has 6 heteroatoms. The monoisotopic (exact) mass is 314 g/mol. The summed E-state index contributed by atoms with van der Waals surface area (Å²) in [7, 11) is 0. The summed E-state index contributed by atoms with van der Waals surface area (Å²) in [5, 5.41) is 18.7. The Hall–Kier alpha value is -2.02. The van der Waals surface area contributed by atoms with Gasteiger partial charge in [-0.05, 0) is 27.7 Å². The van der Waals surface area contributed by atoms with Crippen molar-refractivity contribution in [2.75, 3.05) is 0 Å². The topological polar surface area (TPSA) is 40.5 Å². The molecule has 0 aliphatic rings. The lowest BCUT2D eigenvalue weighted by Gasteiger charge is -2.09. The molecule has 22 heavy (non-hydrogen) atoms. The first-order valence-electron chi connectivity index (χ1n) is 6.20. The van der Waals surface area contributed by atoms with Gasteiger partial charge in [0.05, 0.1) is 0 Å². The molecule has 0 saturated carbocycles. The van der Waals surface area contributed by atoms with Gasteiger partial charge in [-0.15, -0.1) is 0 Å². The molecule has 1 rings (SSSR count). The van der Waals surface area contributed by atoms with Gasteiger partial charge in [0.25, 0.3) is 0 Å². The fourth-order valence-corrected chi connectivity index (χ4v) is 1.28. The highest BCUT2D eigenvalue weighted by atomic mass is 19.2. The van der Waals surface area contributed by atoms with Gasteiger partial charge in [-0.2, -0.15) is 0 Å². The first-order chi connectivity index (χ1) is 9.83. The van der Waals surface area contributed by atoms with E-state index in [1.165, 1.54) is 27.7 Å². The van der Waals surface area contributed by atoms with Crippen LogP contribution in [0.2, 0.25) is 0 Å². The Balaban J connectivity index is 3.57. The second kappa shape index (κ2) is 6.00. The van der Waals surface area contributed by atoms with Gasteiger partial charge in [0.15, 0.2) is 23.3 Å². The van der Waals surface area contributed by atoms with E-state index in [9.17, 15) is 27.8 Å². The maximum absolute atomic E-state index is 13.8. The summed E-state index contributed by atoms with van der Waals surface area (Å²) >= 11 is 0. The average Bonchev–Trinajstić information content (AvgIpc) is 2.33. The SMILES string of the molecule is CC(C)(O)C#Cc1c(F)c(F)c(C#CC(C)(C)O)c(F)c1F. The standard InChI is InChI=1S/C16H14F4O2/c1-15(2,21)7-5-9-11(17)13(19)10(14(20)12(9)18)6-8-16(3,4)22/h21-22H,1-4H3. The van der Waals surface area contributed by atoms with E-state index < -0.39 is 45.6 Å². The quantitative estimate of drug-likeness (QED) is 0.439. The molecule has 0 aliphatic heterocycles. The fraction of sp³-hybridized carbons (Fsp3) is 0.375. The van der Waals surface area contributed by atoms with Gasteiger partial charge in [-0.25, -0.2) is 17.6 Å². The molecule has 2 N–H and O–H groups in total. The number of rotatable bonds is 0. The largest absolute Gasteiger partial charge is 0.378 e. The number of benzene rings is 1. The van der Waals surface area contributed by atoms with Crippen LogP contribution in [0.5, 0.6) is 0 Å². The van der Waals surface area contributed by atoms with E-state index in [1.807, 2.05) is 11.8 Å². The highest BCUT2D eigenvalue weighted by Gasteiger charge is 2.24. The van der Waals surface area contributed by atoms with E-state index in [-0.39, 0.29) is 0 Å². The predicted molar refractivity (Wildman–Crippen MR) is 72.6 cm³/mol. The van der Waals surface area contributed by atoms with Crippen LogP contribution in [0.1, 0.15) is 38.8 Å². The minimum atomic E-state index is -1.71. The molecule has 0 bridgehead atoms. The van der Waals surface area contributed by atoms with Crippen molar-refractivity contribution < 1.29 is 27.8 Å². The molecule has 0 aliphatic carbocycles. The van der Waals surface area contributed by atoms with Crippen molar-refractivity contribution in [1.82, 2.24) is 0 Å². The highest BCUT2D eigenvalue weighted by molar-refractivity contribution is 5.47. The molecule has 0 heterocycles. The van der Waals surface area contributed by atoms with Gasteiger partial charge < -0.3 is 10.2 Å². The molecule has 0 radical (unpaired) electrons. The zero-order valence-electron chi connectivity index (χ0n) is 12.4. The Morgan fingerprint density at radius 1 is 0.636 bits per heavy atom. The van der Waals surface area contributed by atoms with Gasteiger partial charge in [0.2, 0.25) is 0 Å². The summed E-state index contributed by atoms with van der Waals surface area (Å²) in [6.45, 7) is 4.97. The van der Waals surface area contributed by atoms with Crippen LogP contribution in [0.3, 0.4) is 0 Å². The molecule has 1 aromatic rings. The van der Waals surface area contributed by atoms with E-state index in [2.05, 4.69) is 11.8 Å². The van der Waals surface area contributed by atoms with Crippen LogP contribution in [-0.2, 0) is 0 Å². The lowest BCUT2D eigenvalue weighted by molar-refractivity contribution is 0.143. The summed E-state index contributed by atoms with van der Waals surface area (Å²) < 4.78 is 55.2. The van der Waals surface area contributed by atoms with Gasteiger partial charge in [-0.1, -0.05) is 23.7 Å². The van der Waals surface area contributed by atoms with Crippen molar-refractivity contribution in [3.8, 4) is 23.7 Å². The summed E-state index contributed by atoms with van der Waals surface area (Å²) in [5.74, 6) is 1.03. The Morgan fingerprint density at radius 3 is 1.05 bits per heavy atom. The highest BCUT2D eigenvalue weighted by Crippen LogP contribution is 2.23. The fourth-order valence-electron chi connectivity index (χ4n) is 1.28. The molecule has 2 nitrogen and oxygen atoms in total. The predicted octanol–water partition coefficient (Wildman–Crippen LogP) is 2.49. The lowest BCUT2D eigenvalue weighted by atomic mass is 10.0. The van der Waals surface area contributed by atoms with Crippen LogP contribution in [0.25, 0.3) is 0 Å². The Morgan fingerprint density at radius 2 is 0.864 bits per heavy atom. The number of aliphatic hydroxyl groups is 2. The third kappa shape index (κ3) is 4.49. The van der Waals surface area contributed by atoms with Crippen molar-refractivity contribution in [2.45, 2.75) is 38.9 Å². The summed E-state index contributed by atoms with van der Waals surface area (Å²) in [6.07, 6.45) is 0. The van der Waals surface area contributed by atoms with Crippen LogP contribution in [0.15, 0.2) is 0 Å². The number of hydrogen-bond acceptors (Lipinski definition) is 2. The van der Waals surface area contributed by atoms with E-state index in [0.29, 0.717) is 0 Å². The molecule has 0 saturated heterocycles. The summed E-state index contributed by atoms with van der Waals surface area (Å²) in [6, 6.07) is 0. The Labute approximate surface area is 125 Å². The summed E-state index contributed by atoms with van der Waals surface area (Å²) in [5.41, 5.74) is -5.45. The van der Waals surface area contributed by atoms with E-state index in [4.69, 9.17) is 0 Å². The lowest BCUT2D eigenvalue weighted by Crippen LogP contribution is -2.15. The Bertz CT molecular complexity index is 625. The molecule has 0 unspecified atom stereocenters. The molecule has 0 atom stereocenters. The molecule has 0 aromatic heterocycles. The van der Waals surface area contributed by atoms with Crippen LogP contribution >= 0.6 is 0 Å². The molecule has 118 valence electrons. The number of halogens is 4. The first kappa shape index (κ1) is 18.0. The van der Waals surface area contributed by atoms with Gasteiger partial charge in [-0.3, -0.25) is 0 Å². The minimum absolute atomic E-state index is 1.13. The average molecular weight is 314 g/mol. The minimum Gasteiger partial charge on any atom is -0.378 e. The zero-order chi connectivity index (χ0) is 17.3. The summed E-state index contributed by atoms with van der Waals surface area (Å²) in [4.78, 5) is 0. The third-order valence-corrected chi connectivity index (χ3v) is 2.25. The van der Waals surface area contributed by atoms with Gasteiger partial charge in [0.1, 0.15) is 22.3 Å². The van der Waals surface area contributed by atoms with Gasteiger partial charge in [0, 0.05) is 0 Å². The normalized spacial score (nSPS) is 11.4. The van der Waals surface area contributed by atoms with Crippen molar-refractivity contribution in [2.24, 2.45) is 0 Å². The maximum atomic E-state index is 13.8. The third-order valence-electron chi connectivity index (χ3n) is 2.25. The van der Waals surface area contributed by atoms with Crippen molar-refractivity contribution in [3.63, 3.8) is 0 Å². The van der Waals surface area contributed by atoms with Crippen LogP contribution < -0.4 is 0 Å². The Kier molecular flexibility index (Phi) is 4.92. The second-order valence-electron chi connectivity index (χ2n) is 5.62. The molecule has 0 amide bonds. The number of hydrogen-bond donors (Lipinski definition) is 2. The van der Waals surface area contributed by atoms with E-state index in [1.54, 1.807) is 0 Å². The first-order valence-corrected chi connectivity index (χ1v) is 6.20. The van der Waals surface area contributed by atoms with Crippen LogP contribution in [0.4, 0.5) is 17.6 Å². The maximum Gasteiger partial charge on any atom is 0.178 e. The van der Waals surface area contributed by atoms with E-state index >= 15 is 0 Å². The van der Waals surface area contributed by atoms with Crippen molar-refractivity contribution in [3.05, 3.63) is 34.4 Å². The zero-order valence-corrected chi connectivity index (χ0v) is 12.4. The van der Waals surface area contributed by atoms with Crippen LogP contribution in [-0.4, -0.2) is 21.4 Å². The van der Waals surface area contributed by atoms with Crippen molar-refractivity contribution in [1.29, 1.82) is 0 Å². The molecule has 1 aromatic carbocycles. The molecule has 0 fully saturated rings. The van der Waals surface area contributed by atoms with E-state index in [0.717, 1.165) is 0 Å². The smallest absolute Gasteiger partial charge is 0.178 e. The second-order valence-corrected chi connectivity index (χ2v) is 5.62. The van der Waals surface area contributed by atoms with Crippen LogP contribution in [0, 0.1) is 47.0 Å². The van der Waals surface area contributed by atoms with Gasteiger partial charge >= 0.3 is 0 Å². The molecular formula is C16H14F4O2. The van der Waals surface area contributed by atoms with Crippen molar-refractivity contribution >= 4 is 0 Å².